The predicted molar refractivity (Wildman–Crippen MR) is 95.1 cm³/mol. The van der Waals surface area contributed by atoms with Crippen LogP contribution in [0.4, 0.5) is 0 Å². The average molecular weight is 386 g/mol. The van der Waals surface area contributed by atoms with Crippen molar-refractivity contribution in [3.05, 3.63) is 56.0 Å². The Morgan fingerprint density at radius 2 is 2.00 bits per heavy atom. The third-order valence-electron chi connectivity index (χ3n) is 3.77. The van der Waals surface area contributed by atoms with E-state index in [9.17, 15) is 19.3 Å². The Morgan fingerprint density at radius 3 is 2.58 bits per heavy atom. The van der Waals surface area contributed by atoms with Crippen molar-refractivity contribution in [2.45, 2.75) is 39.8 Å². The summed E-state index contributed by atoms with van der Waals surface area (Å²) in [6.45, 7) is 6.90. The summed E-state index contributed by atoms with van der Waals surface area (Å²) in [5.74, 6) is 1.12. The van der Waals surface area contributed by atoms with Crippen molar-refractivity contribution in [3.63, 3.8) is 0 Å². The van der Waals surface area contributed by atoms with E-state index >= 15 is 0 Å². The highest BCUT2D eigenvalue weighted by Crippen LogP contribution is 2.50. The molecule has 144 valence electrons. The normalized spacial score (nSPS) is 20.8. The number of aromatic amines is 1. The molecule has 1 aliphatic rings. The molecule has 0 aromatic carbocycles. The molecular weight excluding hydrogens is 363 g/mol. The first-order valence-electron chi connectivity index (χ1n) is 8.16. The SMILES string of the molecule is CCOP(=O)(/C=C/C1=C(O)CC(C)(n2cc(C)c(=O)[nH]c2=O)O1)OCC. The topological polar surface area (TPSA) is 120 Å². The summed E-state index contributed by atoms with van der Waals surface area (Å²) in [7, 11) is -3.46. The van der Waals surface area contributed by atoms with Gasteiger partial charge in [-0.05, 0) is 33.8 Å². The number of nitrogens with one attached hydrogen (secondary N) is 1. The zero-order valence-electron chi connectivity index (χ0n) is 15.1. The second-order valence-electron chi connectivity index (χ2n) is 5.90. The van der Waals surface area contributed by atoms with Gasteiger partial charge in [0.05, 0.1) is 19.6 Å². The van der Waals surface area contributed by atoms with Crippen LogP contribution in [0.3, 0.4) is 0 Å². The highest BCUT2D eigenvalue weighted by Gasteiger charge is 2.39. The molecule has 1 atom stereocenters. The fourth-order valence-electron chi connectivity index (χ4n) is 2.55. The van der Waals surface area contributed by atoms with Crippen molar-refractivity contribution in [2.75, 3.05) is 13.2 Å². The molecule has 2 rings (SSSR count). The highest BCUT2D eigenvalue weighted by molar-refractivity contribution is 7.57. The third-order valence-corrected chi connectivity index (χ3v) is 5.52. The summed E-state index contributed by atoms with van der Waals surface area (Å²) in [5, 5.41) is 10.2. The van der Waals surface area contributed by atoms with Crippen LogP contribution in [0.15, 0.2) is 39.2 Å². The molecular formula is C16H23N2O7P. The Labute approximate surface area is 150 Å². The van der Waals surface area contributed by atoms with Gasteiger partial charge in [0.2, 0.25) is 0 Å². The van der Waals surface area contributed by atoms with Gasteiger partial charge in [0.15, 0.2) is 11.5 Å². The molecule has 26 heavy (non-hydrogen) atoms. The number of rotatable bonds is 7. The van der Waals surface area contributed by atoms with Crippen molar-refractivity contribution in [2.24, 2.45) is 0 Å². The van der Waals surface area contributed by atoms with E-state index in [0.717, 1.165) is 0 Å². The molecule has 10 heteroatoms. The van der Waals surface area contributed by atoms with E-state index in [1.165, 1.54) is 22.7 Å². The summed E-state index contributed by atoms with van der Waals surface area (Å²) in [6, 6.07) is 0. The molecule has 0 aliphatic carbocycles. The molecule has 1 aromatic heterocycles. The number of aromatic nitrogens is 2. The van der Waals surface area contributed by atoms with Gasteiger partial charge >= 0.3 is 13.3 Å². The molecule has 9 nitrogen and oxygen atoms in total. The molecule has 1 aliphatic heterocycles. The van der Waals surface area contributed by atoms with E-state index in [2.05, 4.69) is 4.98 Å². The highest BCUT2D eigenvalue weighted by atomic mass is 31.2. The van der Waals surface area contributed by atoms with Gasteiger partial charge in [-0.3, -0.25) is 18.9 Å². The lowest BCUT2D eigenvalue weighted by atomic mass is 10.1. The monoisotopic (exact) mass is 386 g/mol. The second-order valence-corrected chi connectivity index (χ2v) is 7.79. The van der Waals surface area contributed by atoms with Crippen molar-refractivity contribution in [3.8, 4) is 0 Å². The van der Waals surface area contributed by atoms with E-state index in [1.807, 2.05) is 0 Å². The second kappa shape index (κ2) is 7.65. The minimum atomic E-state index is -3.46. The number of nitrogens with zero attached hydrogens (tertiary/aromatic N) is 1. The Bertz CT molecular complexity index is 889. The number of ether oxygens (including phenoxy) is 1. The molecule has 0 spiro atoms. The minimum Gasteiger partial charge on any atom is -0.508 e. The lowest BCUT2D eigenvalue weighted by Crippen LogP contribution is -2.42. The summed E-state index contributed by atoms with van der Waals surface area (Å²) in [5.41, 5.74) is -2.05. The molecule has 0 bridgehead atoms. The smallest absolute Gasteiger partial charge is 0.354 e. The number of allylic oxidation sites excluding steroid dienone is 1. The zero-order valence-corrected chi connectivity index (χ0v) is 16.0. The van der Waals surface area contributed by atoms with Crippen molar-refractivity contribution in [1.29, 1.82) is 0 Å². The average Bonchev–Trinajstić information content (AvgIpc) is 2.84. The maximum absolute atomic E-state index is 12.5. The molecule has 0 fully saturated rings. The maximum atomic E-state index is 12.5. The molecule has 0 radical (unpaired) electrons. The van der Waals surface area contributed by atoms with Gasteiger partial charge in [0, 0.05) is 17.6 Å². The summed E-state index contributed by atoms with van der Waals surface area (Å²) in [4.78, 5) is 25.8. The van der Waals surface area contributed by atoms with Gasteiger partial charge in [-0.1, -0.05) is 0 Å². The first-order chi connectivity index (χ1) is 12.1. The largest absolute Gasteiger partial charge is 0.508 e. The molecule has 0 saturated heterocycles. The Morgan fingerprint density at radius 1 is 1.38 bits per heavy atom. The van der Waals surface area contributed by atoms with Crippen molar-refractivity contribution in [1.82, 2.24) is 9.55 Å². The fraction of sp³-hybridized carbons (Fsp3) is 0.500. The van der Waals surface area contributed by atoms with Gasteiger partial charge in [-0.2, -0.15) is 0 Å². The number of aryl methyl sites for hydroxylation is 1. The van der Waals surface area contributed by atoms with Crippen LogP contribution >= 0.6 is 7.60 Å². The minimum absolute atomic E-state index is 0.00830. The van der Waals surface area contributed by atoms with Crippen LogP contribution in [0.1, 0.15) is 32.8 Å². The first-order valence-corrected chi connectivity index (χ1v) is 9.77. The van der Waals surface area contributed by atoms with E-state index in [1.54, 1.807) is 27.7 Å². The molecule has 2 N–H and O–H groups in total. The van der Waals surface area contributed by atoms with Crippen LogP contribution in [-0.4, -0.2) is 27.9 Å². The van der Waals surface area contributed by atoms with E-state index in [-0.39, 0.29) is 31.2 Å². The fourth-order valence-corrected chi connectivity index (χ4v) is 3.84. The Balaban J connectivity index is 2.30. The van der Waals surface area contributed by atoms with Crippen LogP contribution in [0.5, 0.6) is 0 Å². The van der Waals surface area contributed by atoms with Crippen LogP contribution in [-0.2, 0) is 24.1 Å². The predicted octanol–water partition coefficient (Wildman–Crippen LogP) is 2.49. The molecule has 0 amide bonds. The van der Waals surface area contributed by atoms with Crippen LogP contribution in [0, 0.1) is 6.92 Å². The summed E-state index contributed by atoms with van der Waals surface area (Å²) < 4.78 is 29.7. The van der Waals surface area contributed by atoms with Crippen LogP contribution in [0.2, 0.25) is 0 Å². The first kappa shape index (κ1) is 20.2. The third kappa shape index (κ3) is 4.17. The van der Waals surface area contributed by atoms with Gasteiger partial charge in [-0.15, -0.1) is 0 Å². The van der Waals surface area contributed by atoms with Crippen molar-refractivity contribution < 1.29 is 23.5 Å². The van der Waals surface area contributed by atoms with Gasteiger partial charge in [0.25, 0.3) is 5.56 Å². The Kier molecular flexibility index (Phi) is 5.95. The number of hydrogen-bond acceptors (Lipinski definition) is 7. The number of aliphatic hydroxyl groups excluding tert-OH is 1. The standard InChI is InChI=1S/C16H23N2O7P/c1-5-23-26(22,24-6-2)8-7-13-12(19)9-16(4,25-13)18-10-11(3)14(20)17-15(18)21/h7-8,10,19H,5-6,9H2,1-4H3,(H,17,20,21)/b8-7+. The molecule has 2 heterocycles. The lowest BCUT2D eigenvalue weighted by molar-refractivity contribution is -0.0279. The summed E-state index contributed by atoms with van der Waals surface area (Å²) in [6.07, 6.45) is 2.66. The van der Waals surface area contributed by atoms with E-state index in [0.29, 0.717) is 5.56 Å². The molecule has 0 saturated carbocycles. The lowest BCUT2D eigenvalue weighted by Gasteiger charge is -2.26. The van der Waals surface area contributed by atoms with E-state index < -0.39 is 24.6 Å². The maximum Gasteiger partial charge on any atom is 0.354 e. The van der Waals surface area contributed by atoms with Gasteiger partial charge in [0.1, 0.15) is 5.76 Å². The number of H-pyrrole nitrogens is 1. The van der Waals surface area contributed by atoms with Crippen LogP contribution in [0.25, 0.3) is 0 Å². The summed E-state index contributed by atoms with van der Waals surface area (Å²) >= 11 is 0. The number of aliphatic hydroxyl groups is 1. The van der Waals surface area contributed by atoms with Crippen molar-refractivity contribution >= 4 is 7.60 Å². The Hall–Kier alpha value is -2.09. The zero-order chi connectivity index (χ0) is 19.5. The van der Waals surface area contributed by atoms with E-state index in [4.69, 9.17) is 13.8 Å². The van der Waals surface area contributed by atoms with Gasteiger partial charge < -0.3 is 18.9 Å². The van der Waals surface area contributed by atoms with Crippen LogP contribution < -0.4 is 11.2 Å². The number of hydrogen-bond donors (Lipinski definition) is 2. The molecule has 1 unspecified atom stereocenters. The molecule has 1 aromatic rings. The quantitative estimate of drug-likeness (QED) is 0.691. The van der Waals surface area contributed by atoms with Gasteiger partial charge in [-0.25, -0.2) is 4.79 Å².